The van der Waals surface area contributed by atoms with E-state index in [-0.39, 0.29) is 5.56 Å². The summed E-state index contributed by atoms with van der Waals surface area (Å²) < 4.78 is 12.0. The molecular weight excluding hydrogens is 326 g/mol. The van der Waals surface area contributed by atoms with Gasteiger partial charge in [0, 0.05) is 11.6 Å². The SMILES string of the molecule is COc1ccc(-c2cc(Cn3cnc4sccc4c3=O)on2)cc1. The topological polar surface area (TPSA) is 70.2 Å². The molecule has 4 rings (SSSR count). The van der Waals surface area contributed by atoms with Crippen molar-refractivity contribution in [2.75, 3.05) is 7.11 Å². The highest BCUT2D eigenvalue weighted by atomic mass is 32.1. The van der Waals surface area contributed by atoms with Gasteiger partial charge in [-0.3, -0.25) is 9.36 Å². The lowest BCUT2D eigenvalue weighted by Crippen LogP contribution is -2.20. The summed E-state index contributed by atoms with van der Waals surface area (Å²) >= 11 is 1.45. The quantitative estimate of drug-likeness (QED) is 0.571. The van der Waals surface area contributed by atoms with E-state index in [2.05, 4.69) is 10.1 Å². The highest BCUT2D eigenvalue weighted by Crippen LogP contribution is 2.22. The van der Waals surface area contributed by atoms with Crippen LogP contribution in [0.2, 0.25) is 0 Å². The van der Waals surface area contributed by atoms with Crippen molar-refractivity contribution < 1.29 is 9.26 Å². The zero-order chi connectivity index (χ0) is 16.5. The number of methoxy groups -OCH3 is 1. The van der Waals surface area contributed by atoms with Crippen molar-refractivity contribution in [3.05, 3.63) is 64.2 Å². The number of rotatable bonds is 4. The Bertz CT molecular complexity index is 1050. The second-order valence-electron chi connectivity index (χ2n) is 5.22. The molecule has 4 aromatic rings. The molecule has 0 aliphatic carbocycles. The molecule has 0 aliphatic rings. The predicted octanol–water partition coefficient (Wildman–Crippen LogP) is 3.17. The first-order chi connectivity index (χ1) is 11.7. The molecule has 0 radical (unpaired) electrons. The maximum absolute atomic E-state index is 12.4. The molecule has 0 unspecified atom stereocenters. The zero-order valence-electron chi connectivity index (χ0n) is 12.8. The van der Waals surface area contributed by atoms with E-state index in [1.54, 1.807) is 13.2 Å². The molecule has 6 nitrogen and oxygen atoms in total. The number of nitrogens with zero attached hydrogens (tertiary/aromatic N) is 3. The molecule has 1 aromatic carbocycles. The van der Waals surface area contributed by atoms with Crippen LogP contribution in [0.4, 0.5) is 0 Å². The molecule has 0 spiro atoms. The first-order valence-electron chi connectivity index (χ1n) is 7.27. The molecule has 0 bridgehead atoms. The predicted molar refractivity (Wildman–Crippen MR) is 91.5 cm³/mol. The highest BCUT2D eigenvalue weighted by Gasteiger charge is 2.10. The van der Waals surface area contributed by atoms with Crippen molar-refractivity contribution in [1.29, 1.82) is 0 Å². The Morgan fingerprint density at radius 1 is 1.25 bits per heavy atom. The molecule has 0 amide bonds. The van der Waals surface area contributed by atoms with Crippen LogP contribution in [0, 0.1) is 0 Å². The van der Waals surface area contributed by atoms with E-state index < -0.39 is 0 Å². The van der Waals surface area contributed by atoms with Crippen LogP contribution in [-0.4, -0.2) is 21.8 Å². The lowest BCUT2D eigenvalue weighted by atomic mass is 10.1. The van der Waals surface area contributed by atoms with E-state index in [1.165, 1.54) is 22.2 Å². The Morgan fingerprint density at radius 2 is 2.08 bits per heavy atom. The normalized spacial score (nSPS) is 11.0. The van der Waals surface area contributed by atoms with Crippen molar-refractivity contribution in [2.45, 2.75) is 6.54 Å². The van der Waals surface area contributed by atoms with Crippen molar-refractivity contribution in [1.82, 2.24) is 14.7 Å². The van der Waals surface area contributed by atoms with Gasteiger partial charge in [-0.2, -0.15) is 0 Å². The van der Waals surface area contributed by atoms with Crippen LogP contribution in [0.1, 0.15) is 5.76 Å². The van der Waals surface area contributed by atoms with Crippen LogP contribution < -0.4 is 10.3 Å². The first-order valence-corrected chi connectivity index (χ1v) is 8.15. The number of hydrogen-bond acceptors (Lipinski definition) is 6. The minimum atomic E-state index is -0.0800. The Hall–Kier alpha value is -2.93. The van der Waals surface area contributed by atoms with Gasteiger partial charge in [0.15, 0.2) is 5.76 Å². The monoisotopic (exact) mass is 339 g/mol. The smallest absolute Gasteiger partial charge is 0.262 e. The van der Waals surface area contributed by atoms with Crippen LogP contribution in [0.15, 0.2) is 57.4 Å². The molecule has 7 heteroatoms. The summed E-state index contributed by atoms with van der Waals surface area (Å²) in [6, 6.07) is 11.2. The molecule has 3 aromatic heterocycles. The van der Waals surface area contributed by atoms with Gasteiger partial charge in [0.1, 0.15) is 16.3 Å². The lowest BCUT2D eigenvalue weighted by Gasteiger charge is -2.01. The van der Waals surface area contributed by atoms with Gasteiger partial charge >= 0.3 is 0 Å². The van der Waals surface area contributed by atoms with Crippen molar-refractivity contribution in [2.24, 2.45) is 0 Å². The Labute approximate surface area is 140 Å². The maximum Gasteiger partial charge on any atom is 0.262 e. The summed E-state index contributed by atoms with van der Waals surface area (Å²) in [5.74, 6) is 1.38. The Kier molecular flexibility index (Phi) is 3.62. The number of hydrogen-bond donors (Lipinski definition) is 0. The number of fused-ring (bicyclic) bond motifs is 1. The van der Waals surface area contributed by atoms with Gasteiger partial charge in [-0.25, -0.2) is 4.98 Å². The highest BCUT2D eigenvalue weighted by molar-refractivity contribution is 7.16. The maximum atomic E-state index is 12.4. The average molecular weight is 339 g/mol. The van der Waals surface area contributed by atoms with Gasteiger partial charge < -0.3 is 9.26 Å². The molecule has 24 heavy (non-hydrogen) atoms. The van der Waals surface area contributed by atoms with Crippen molar-refractivity contribution >= 4 is 21.6 Å². The van der Waals surface area contributed by atoms with Crippen LogP contribution in [0.3, 0.4) is 0 Å². The third-order valence-electron chi connectivity index (χ3n) is 3.72. The Balaban J connectivity index is 1.62. The number of benzene rings is 1. The fraction of sp³-hybridized carbons (Fsp3) is 0.118. The van der Waals surface area contributed by atoms with E-state index in [0.717, 1.165) is 16.1 Å². The molecule has 0 aliphatic heterocycles. The van der Waals surface area contributed by atoms with Crippen LogP contribution >= 0.6 is 11.3 Å². The zero-order valence-corrected chi connectivity index (χ0v) is 13.6. The van der Waals surface area contributed by atoms with Gasteiger partial charge in [-0.1, -0.05) is 5.16 Å². The molecule has 0 N–H and O–H groups in total. The summed E-state index contributed by atoms with van der Waals surface area (Å²) in [5.41, 5.74) is 1.55. The summed E-state index contributed by atoms with van der Waals surface area (Å²) in [6.45, 7) is 0.292. The fourth-order valence-electron chi connectivity index (χ4n) is 2.46. The van der Waals surface area contributed by atoms with Crippen molar-refractivity contribution in [3.8, 4) is 17.0 Å². The van der Waals surface area contributed by atoms with E-state index >= 15 is 0 Å². The third kappa shape index (κ3) is 2.59. The average Bonchev–Trinajstić information content (AvgIpc) is 3.27. The van der Waals surface area contributed by atoms with Crippen molar-refractivity contribution in [3.63, 3.8) is 0 Å². The summed E-state index contributed by atoms with van der Waals surface area (Å²) in [6.07, 6.45) is 1.54. The summed E-state index contributed by atoms with van der Waals surface area (Å²) in [4.78, 5) is 17.4. The largest absolute Gasteiger partial charge is 0.497 e. The van der Waals surface area contributed by atoms with Gasteiger partial charge in [0.2, 0.25) is 0 Å². The first kappa shape index (κ1) is 14.6. The van der Waals surface area contributed by atoms with E-state index in [9.17, 15) is 4.79 Å². The second-order valence-corrected chi connectivity index (χ2v) is 6.12. The van der Waals surface area contributed by atoms with Gasteiger partial charge in [-0.15, -0.1) is 11.3 Å². The Morgan fingerprint density at radius 3 is 2.88 bits per heavy atom. The lowest BCUT2D eigenvalue weighted by molar-refractivity contribution is 0.376. The van der Waals surface area contributed by atoms with E-state index in [1.807, 2.05) is 35.7 Å². The fourth-order valence-corrected chi connectivity index (χ4v) is 3.18. The molecule has 0 fully saturated rings. The van der Waals surface area contributed by atoms with Crippen LogP contribution in [0.5, 0.6) is 5.75 Å². The van der Waals surface area contributed by atoms with Gasteiger partial charge in [0.05, 0.1) is 25.4 Å². The van der Waals surface area contributed by atoms with E-state index in [4.69, 9.17) is 9.26 Å². The molecule has 0 saturated heterocycles. The summed E-state index contributed by atoms with van der Waals surface area (Å²) in [5, 5.41) is 6.55. The molecule has 0 atom stereocenters. The minimum absolute atomic E-state index is 0.0800. The van der Waals surface area contributed by atoms with Crippen LogP contribution in [-0.2, 0) is 6.54 Å². The van der Waals surface area contributed by atoms with Gasteiger partial charge in [-0.05, 0) is 35.7 Å². The molecule has 0 saturated carbocycles. The summed E-state index contributed by atoms with van der Waals surface area (Å²) in [7, 11) is 1.62. The van der Waals surface area contributed by atoms with E-state index in [0.29, 0.717) is 23.4 Å². The third-order valence-corrected chi connectivity index (χ3v) is 4.54. The minimum Gasteiger partial charge on any atom is -0.497 e. The molecule has 120 valence electrons. The number of thiophene rings is 1. The van der Waals surface area contributed by atoms with Gasteiger partial charge in [0.25, 0.3) is 5.56 Å². The standard InChI is InChI=1S/C17H13N3O3S/c1-22-12-4-2-11(3-5-12)15-8-13(23-19-15)9-20-10-18-16-14(17(20)21)6-7-24-16/h2-8,10H,9H2,1H3. The molecule has 3 heterocycles. The second kappa shape index (κ2) is 5.93. The number of ether oxygens (including phenoxy) is 1. The number of aromatic nitrogens is 3. The molecular formula is C17H13N3O3S. The van der Waals surface area contributed by atoms with Crippen LogP contribution in [0.25, 0.3) is 21.5 Å².